The summed E-state index contributed by atoms with van der Waals surface area (Å²) >= 11 is 0. The second-order valence-corrected chi connectivity index (χ2v) is 2.31. The first-order valence-electron chi connectivity index (χ1n) is 3.23. The molecule has 0 radical (unpaired) electrons. The standard InChI is InChI=1S/C6H7F3N2O2/c7-6(8,9)4-11(2-1-10)3-5(12)13/h2-4H2,(H,12,13). The second-order valence-electron chi connectivity index (χ2n) is 2.31. The number of nitrogens with zero attached hydrogens (tertiary/aromatic N) is 2. The lowest BCUT2D eigenvalue weighted by Crippen LogP contribution is -2.38. The minimum Gasteiger partial charge on any atom is -0.480 e. The molecule has 74 valence electrons. The Labute approximate surface area is 72.2 Å². The Bertz CT molecular complexity index is 221. The van der Waals surface area contributed by atoms with Crippen LogP contribution in [-0.2, 0) is 4.79 Å². The number of aliphatic carboxylic acids is 1. The highest BCUT2D eigenvalue weighted by atomic mass is 19.4. The predicted octanol–water partition coefficient (Wildman–Crippen LogP) is 0.459. The monoisotopic (exact) mass is 196 g/mol. The lowest BCUT2D eigenvalue weighted by Gasteiger charge is -2.17. The third-order valence-corrected chi connectivity index (χ3v) is 1.06. The number of rotatable bonds is 4. The van der Waals surface area contributed by atoms with E-state index in [1.165, 1.54) is 6.07 Å². The predicted molar refractivity (Wildman–Crippen MR) is 35.7 cm³/mol. The lowest BCUT2D eigenvalue weighted by molar-refractivity contribution is -0.152. The summed E-state index contributed by atoms with van der Waals surface area (Å²) in [5.74, 6) is -1.39. The summed E-state index contributed by atoms with van der Waals surface area (Å²) < 4.78 is 35.2. The fraction of sp³-hybridized carbons (Fsp3) is 0.667. The van der Waals surface area contributed by atoms with Gasteiger partial charge >= 0.3 is 12.1 Å². The number of nitriles is 1. The molecule has 0 unspecified atom stereocenters. The Hall–Kier alpha value is -1.29. The topological polar surface area (TPSA) is 64.3 Å². The number of halogens is 3. The summed E-state index contributed by atoms with van der Waals surface area (Å²) in [6, 6.07) is 1.46. The van der Waals surface area contributed by atoms with E-state index in [0.717, 1.165) is 0 Å². The lowest BCUT2D eigenvalue weighted by atomic mass is 10.4. The van der Waals surface area contributed by atoms with Gasteiger partial charge in [0.2, 0.25) is 0 Å². The summed E-state index contributed by atoms with van der Waals surface area (Å²) in [6.45, 7) is -2.72. The van der Waals surface area contributed by atoms with Crippen molar-refractivity contribution in [3.05, 3.63) is 0 Å². The molecule has 0 atom stereocenters. The van der Waals surface area contributed by atoms with E-state index in [-0.39, 0.29) is 0 Å². The molecule has 13 heavy (non-hydrogen) atoms. The average molecular weight is 196 g/mol. The van der Waals surface area contributed by atoms with Crippen LogP contribution in [0.3, 0.4) is 0 Å². The van der Waals surface area contributed by atoms with Crippen LogP contribution in [0.2, 0.25) is 0 Å². The zero-order valence-electron chi connectivity index (χ0n) is 6.51. The molecule has 0 aliphatic rings. The van der Waals surface area contributed by atoms with E-state index in [4.69, 9.17) is 10.4 Å². The number of carboxylic acids is 1. The second kappa shape index (κ2) is 4.67. The van der Waals surface area contributed by atoms with Crippen molar-refractivity contribution in [1.29, 1.82) is 5.26 Å². The number of alkyl halides is 3. The molecule has 0 aromatic rings. The summed E-state index contributed by atoms with van der Waals surface area (Å²) in [6.07, 6.45) is -4.48. The van der Waals surface area contributed by atoms with Gasteiger partial charge in [0.25, 0.3) is 0 Å². The van der Waals surface area contributed by atoms with Crippen molar-refractivity contribution < 1.29 is 23.1 Å². The first-order chi connectivity index (χ1) is 5.85. The van der Waals surface area contributed by atoms with Gasteiger partial charge in [-0.15, -0.1) is 0 Å². The van der Waals surface area contributed by atoms with Crippen molar-refractivity contribution in [3.8, 4) is 6.07 Å². The Morgan fingerprint density at radius 3 is 2.38 bits per heavy atom. The van der Waals surface area contributed by atoms with Crippen LogP contribution in [-0.4, -0.2) is 41.8 Å². The summed E-state index contributed by atoms with van der Waals surface area (Å²) in [5.41, 5.74) is 0. The fourth-order valence-corrected chi connectivity index (χ4v) is 0.713. The number of hydrogen-bond donors (Lipinski definition) is 1. The van der Waals surface area contributed by atoms with E-state index in [2.05, 4.69) is 0 Å². The smallest absolute Gasteiger partial charge is 0.401 e. The maximum absolute atomic E-state index is 11.7. The Morgan fingerprint density at radius 1 is 1.54 bits per heavy atom. The third kappa shape index (κ3) is 7.08. The van der Waals surface area contributed by atoms with Crippen molar-refractivity contribution in [1.82, 2.24) is 4.90 Å². The quantitative estimate of drug-likeness (QED) is 0.663. The van der Waals surface area contributed by atoms with E-state index in [0.29, 0.717) is 4.90 Å². The summed E-state index contributed by atoms with van der Waals surface area (Å²) in [5, 5.41) is 16.3. The van der Waals surface area contributed by atoms with E-state index in [1.807, 2.05) is 0 Å². The largest absolute Gasteiger partial charge is 0.480 e. The van der Waals surface area contributed by atoms with E-state index < -0.39 is 31.8 Å². The number of carboxylic acid groups (broad SMARTS) is 1. The van der Waals surface area contributed by atoms with Crippen molar-refractivity contribution >= 4 is 5.97 Å². The first kappa shape index (κ1) is 11.7. The molecule has 0 amide bonds. The molecule has 0 aliphatic carbocycles. The SMILES string of the molecule is N#CCN(CC(=O)O)CC(F)(F)F. The highest BCUT2D eigenvalue weighted by Gasteiger charge is 2.31. The normalized spacial score (nSPS) is 11.3. The van der Waals surface area contributed by atoms with Crippen LogP contribution in [0.15, 0.2) is 0 Å². The van der Waals surface area contributed by atoms with Gasteiger partial charge in [-0.3, -0.25) is 9.69 Å². The van der Waals surface area contributed by atoms with Crippen molar-refractivity contribution in [3.63, 3.8) is 0 Å². The molecule has 0 aromatic carbocycles. The van der Waals surface area contributed by atoms with Crippen molar-refractivity contribution in [2.45, 2.75) is 6.18 Å². The number of carbonyl (C=O) groups is 1. The van der Waals surface area contributed by atoms with Crippen LogP contribution in [0.5, 0.6) is 0 Å². The zero-order chi connectivity index (χ0) is 10.5. The Balaban J connectivity index is 4.11. The molecule has 0 saturated carbocycles. The van der Waals surface area contributed by atoms with Gasteiger partial charge in [0.15, 0.2) is 0 Å². The van der Waals surface area contributed by atoms with E-state index >= 15 is 0 Å². The van der Waals surface area contributed by atoms with E-state index in [9.17, 15) is 18.0 Å². The molecule has 0 aliphatic heterocycles. The van der Waals surface area contributed by atoms with Gasteiger partial charge in [0.05, 0.1) is 25.7 Å². The van der Waals surface area contributed by atoms with Crippen molar-refractivity contribution in [2.24, 2.45) is 0 Å². The van der Waals surface area contributed by atoms with Crippen LogP contribution in [0.1, 0.15) is 0 Å². The van der Waals surface area contributed by atoms with Crippen LogP contribution in [0.25, 0.3) is 0 Å². The van der Waals surface area contributed by atoms with Gasteiger partial charge in [0, 0.05) is 0 Å². The van der Waals surface area contributed by atoms with Crippen LogP contribution >= 0.6 is 0 Å². The molecular formula is C6H7F3N2O2. The average Bonchev–Trinajstić information content (AvgIpc) is 1.81. The molecule has 1 N–H and O–H groups in total. The van der Waals surface area contributed by atoms with Gasteiger partial charge in [0.1, 0.15) is 0 Å². The molecule has 0 spiro atoms. The zero-order valence-corrected chi connectivity index (χ0v) is 6.51. The van der Waals surface area contributed by atoms with Crippen LogP contribution < -0.4 is 0 Å². The van der Waals surface area contributed by atoms with Crippen molar-refractivity contribution in [2.75, 3.05) is 19.6 Å². The summed E-state index contributed by atoms with van der Waals surface area (Å²) in [4.78, 5) is 10.6. The summed E-state index contributed by atoms with van der Waals surface area (Å²) in [7, 11) is 0. The van der Waals surface area contributed by atoms with Gasteiger partial charge in [-0.25, -0.2) is 0 Å². The molecule has 7 heteroatoms. The molecule has 0 aromatic heterocycles. The van der Waals surface area contributed by atoms with Gasteiger partial charge in [-0.1, -0.05) is 0 Å². The Kier molecular flexibility index (Phi) is 4.20. The molecule has 0 heterocycles. The minimum atomic E-state index is -4.48. The maximum Gasteiger partial charge on any atom is 0.401 e. The molecule has 0 fully saturated rings. The van der Waals surface area contributed by atoms with Gasteiger partial charge < -0.3 is 5.11 Å². The van der Waals surface area contributed by atoms with Gasteiger partial charge in [-0.2, -0.15) is 18.4 Å². The van der Waals surface area contributed by atoms with Gasteiger partial charge in [-0.05, 0) is 0 Å². The maximum atomic E-state index is 11.7. The third-order valence-electron chi connectivity index (χ3n) is 1.06. The molecule has 0 bridgehead atoms. The number of hydrogen-bond acceptors (Lipinski definition) is 3. The van der Waals surface area contributed by atoms with E-state index in [1.54, 1.807) is 0 Å². The first-order valence-corrected chi connectivity index (χ1v) is 3.23. The highest BCUT2D eigenvalue weighted by molar-refractivity contribution is 5.69. The Morgan fingerprint density at radius 2 is 2.08 bits per heavy atom. The molecule has 0 saturated heterocycles. The molecule has 4 nitrogen and oxygen atoms in total. The molecule has 0 rings (SSSR count). The highest BCUT2D eigenvalue weighted by Crippen LogP contribution is 2.15. The van der Waals surface area contributed by atoms with Crippen LogP contribution in [0, 0.1) is 11.3 Å². The van der Waals surface area contributed by atoms with Crippen LogP contribution in [0.4, 0.5) is 13.2 Å². The fourth-order valence-electron chi connectivity index (χ4n) is 0.713. The molecular weight excluding hydrogens is 189 g/mol. The minimum absolute atomic E-state index is 0.502.